The molecule has 1 aromatic heterocycles. The minimum Gasteiger partial charge on any atom is -0.354 e. The molecule has 4 amide bonds. The molecule has 2 aromatic rings. The lowest BCUT2D eigenvalue weighted by molar-refractivity contribution is -0.120. The van der Waals surface area contributed by atoms with E-state index >= 15 is 0 Å². The Bertz CT molecular complexity index is 941. The summed E-state index contributed by atoms with van der Waals surface area (Å²) in [6.07, 6.45) is 1.91. The van der Waals surface area contributed by atoms with Crippen molar-refractivity contribution in [3.63, 3.8) is 0 Å². The molecule has 3 N–H and O–H groups in total. The van der Waals surface area contributed by atoms with E-state index in [4.69, 9.17) is 0 Å². The quantitative estimate of drug-likeness (QED) is 0.719. The monoisotopic (exact) mass is 394 g/mol. The zero-order chi connectivity index (χ0) is 20.2. The van der Waals surface area contributed by atoms with Crippen LogP contribution in [0.5, 0.6) is 0 Å². The predicted octanol–water partition coefficient (Wildman–Crippen LogP) is 1.19. The van der Waals surface area contributed by atoms with E-state index in [1.807, 2.05) is 6.07 Å². The Labute approximate surface area is 168 Å². The molecule has 0 aliphatic carbocycles. The predicted molar refractivity (Wildman–Crippen MR) is 109 cm³/mol. The maximum Gasteiger partial charge on any atom is 0.328 e. The van der Waals surface area contributed by atoms with Gasteiger partial charge in [0.2, 0.25) is 5.91 Å². The molecule has 3 heterocycles. The van der Waals surface area contributed by atoms with Crippen LogP contribution in [-0.2, 0) is 4.79 Å². The van der Waals surface area contributed by atoms with Gasteiger partial charge in [0.05, 0.1) is 0 Å². The van der Waals surface area contributed by atoms with E-state index in [9.17, 15) is 14.4 Å². The van der Waals surface area contributed by atoms with Crippen LogP contribution in [-0.4, -0.2) is 55.6 Å². The number of hydrogen-bond donors (Lipinski definition) is 3. The van der Waals surface area contributed by atoms with Crippen LogP contribution in [0.25, 0.3) is 0 Å². The largest absolute Gasteiger partial charge is 0.354 e. The van der Waals surface area contributed by atoms with Crippen molar-refractivity contribution in [1.29, 1.82) is 0 Å². The summed E-state index contributed by atoms with van der Waals surface area (Å²) in [4.78, 5) is 44.1. The third-order valence-electron chi connectivity index (χ3n) is 4.92. The molecule has 4 rings (SSSR count). The number of benzene rings is 1. The van der Waals surface area contributed by atoms with Crippen LogP contribution in [0.3, 0.4) is 0 Å². The summed E-state index contributed by atoms with van der Waals surface area (Å²) in [6.45, 7) is 3.83. The molecule has 2 fully saturated rings. The van der Waals surface area contributed by atoms with Gasteiger partial charge in [-0.05, 0) is 24.3 Å². The Balaban J connectivity index is 1.48. The summed E-state index contributed by atoms with van der Waals surface area (Å²) >= 11 is 0. The number of amides is 4. The first-order valence-electron chi connectivity index (χ1n) is 9.55. The smallest absolute Gasteiger partial charge is 0.328 e. The number of pyridine rings is 1. The van der Waals surface area contributed by atoms with E-state index < -0.39 is 6.03 Å². The van der Waals surface area contributed by atoms with Gasteiger partial charge in [0.25, 0.3) is 5.91 Å². The van der Waals surface area contributed by atoms with Gasteiger partial charge in [0, 0.05) is 68.3 Å². The third kappa shape index (κ3) is 4.35. The second kappa shape index (κ2) is 8.27. The lowest BCUT2D eigenvalue weighted by atomic mass is 10.1. The molecule has 150 valence electrons. The molecule has 1 aromatic carbocycles. The molecule has 0 atom stereocenters. The fourth-order valence-corrected chi connectivity index (χ4v) is 3.39. The van der Waals surface area contributed by atoms with Crippen LogP contribution in [0.15, 0.2) is 42.6 Å². The molecule has 2 saturated heterocycles. The maximum absolute atomic E-state index is 12.7. The van der Waals surface area contributed by atoms with Crippen molar-refractivity contribution in [3.8, 4) is 0 Å². The number of rotatable bonds is 4. The number of carbonyl (C=O) groups excluding carboxylic acids is 3. The first kappa shape index (κ1) is 18.9. The van der Waals surface area contributed by atoms with Gasteiger partial charge in [-0.1, -0.05) is 6.07 Å². The summed E-state index contributed by atoms with van der Waals surface area (Å²) in [7, 11) is 0. The SMILES string of the molecule is O=C1CCN(c2cccc(C(=O)Nc3ccnc(N4CCNCC4)c3)c2)C(=O)N1. The van der Waals surface area contributed by atoms with Gasteiger partial charge in [-0.2, -0.15) is 0 Å². The Morgan fingerprint density at radius 1 is 1.07 bits per heavy atom. The van der Waals surface area contributed by atoms with Crippen molar-refractivity contribution in [3.05, 3.63) is 48.2 Å². The minimum absolute atomic E-state index is 0.230. The van der Waals surface area contributed by atoms with Gasteiger partial charge >= 0.3 is 6.03 Å². The fourth-order valence-electron chi connectivity index (χ4n) is 3.39. The van der Waals surface area contributed by atoms with Gasteiger partial charge in [0.15, 0.2) is 0 Å². The van der Waals surface area contributed by atoms with Gasteiger partial charge in [-0.15, -0.1) is 0 Å². The second-order valence-electron chi connectivity index (χ2n) is 6.90. The summed E-state index contributed by atoms with van der Waals surface area (Å²) in [5.41, 5.74) is 1.65. The Morgan fingerprint density at radius 2 is 1.90 bits per heavy atom. The molecule has 0 spiro atoms. The van der Waals surface area contributed by atoms with Crippen molar-refractivity contribution >= 4 is 35.0 Å². The lowest BCUT2D eigenvalue weighted by Gasteiger charge is -2.28. The van der Waals surface area contributed by atoms with Crippen LogP contribution < -0.4 is 25.8 Å². The topological polar surface area (TPSA) is 107 Å². The highest BCUT2D eigenvalue weighted by molar-refractivity contribution is 6.08. The number of hydrogen-bond acceptors (Lipinski definition) is 6. The number of nitrogens with one attached hydrogen (secondary N) is 3. The van der Waals surface area contributed by atoms with Crippen molar-refractivity contribution in [2.45, 2.75) is 6.42 Å². The van der Waals surface area contributed by atoms with Crippen LogP contribution in [0.4, 0.5) is 22.0 Å². The molecule has 0 radical (unpaired) electrons. The molecular formula is C20H22N6O3. The number of imide groups is 1. The first-order valence-corrected chi connectivity index (χ1v) is 9.55. The molecule has 0 saturated carbocycles. The van der Waals surface area contributed by atoms with Crippen LogP contribution in [0.2, 0.25) is 0 Å². The number of urea groups is 1. The van der Waals surface area contributed by atoms with Crippen molar-refractivity contribution in [2.24, 2.45) is 0 Å². The molecule has 29 heavy (non-hydrogen) atoms. The van der Waals surface area contributed by atoms with Crippen molar-refractivity contribution < 1.29 is 14.4 Å². The van der Waals surface area contributed by atoms with E-state index in [1.165, 1.54) is 4.90 Å². The van der Waals surface area contributed by atoms with Crippen molar-refractivity contribution in [1.82, 2.24) is 15.6 Å². The van der Waals surface area contributed by atoms with E-state index in [0.717, 1.165) is 32.0 Å². The summed E-state index contributed by atoms with van der Waals surface area (Å²) in [6, 6.07) is 9.91. The van der Waals surface area contributed by atoms with Crippen LogP contribution in [0, 0.1) is 0 Å². The minimum atomic E-state index is -0.478. The summed E-state index contributed by atoms with van der Waals surface area (Å²) in [5, 5.41) is 8.48. The van der Waals surface area contributed by atoms with Gasteiger partial charge in [0.1, 0.15) is 5.82 Å². The number of carbonyl (C=O) groups is 3. The Morgan fingerprint density at radius 3 is 2.69 bits per heavy atom. The standard InChI is InChI=1S/C20H22N6O3/c27-18-5-9-26(20(29)24-18)16-3-1-2-14(12-16)19(28)23-15-4-6-22-17(13-15)25-10-7-21-8-11-25/h1-4,6,12-13,21H,5,7-11H2,(H,22,23,28)(H,24,27,29). The Kier molecular flexibility index (Phi) is 5.39. The number of aromatic nitrogens is 1. The normalized spacial score (nSPS) is 17.1. The van der Waals surface area contributed by atoms with Crippen LogP contribution >= 0.6 is 0 Å². The van der Waals surface area contributed by atoms with E-state index in [2.05, 4.69) is 25.8 Å². The molecular weight excluding hydrogens is 372 g/mol. The van der Waals surface area contributed by atoms with E-state index in [0.29, 0.717) is 16.9 Å². The molecule has 2 aliphatic rings. The number of piperazine rings is 1. The van der Waals surface area contributed by atoms with Gasteiger partial charge < -0.3 is 15.5 Å². The second-order valence-corrected chi connectivity index (χ2v) is 6.90. The number of anilines is 3. The average molecular weight is 394 g/mol. The lowest BCUT2D eigenvalue weighted by Crippen LogP contribution is -2.49. The Hall–Kier alpha value is -3.46. The highest BCUT2D eigenvalue weighted by Crippen LogP contribution is 2.21. The molecule has 2 aliphatic heterocycles. The molecule has 9 nitrogen and oxygen atoms in total. The first-order chi connectivity index (χ1) is 14.1. The van der Waals surface area contributed by atoms with Gasteiger partial charge in [-0.25, -0.2) is 9.78 Å². The van der Waals surface area contributed by atoms with E-state index in [-0.39, 0.29) is 24.8 Å². The van der Waals surface area contributed by atoms with Gasteiger partial charge in [-0.3, -0.25) is 19.8 Å². The highest BCUT2D eigenvalue weighted by atomic mass is 16.2. The average Bonchev–Trinajstić information content (AvgIpc) is 2.75. The fraction of sp³-hybridized carbons (Fsp3) is 0.300. The molecule has 0 unspecified atom stereocenters. The molecule has 9 heteroatoms. The highest BCUT2D eigenvalue weighted by Gasteiger charge is 2.24. The number of nitrogens with zero attached hydrogens (tertiary/aromatic N) is 3. The third-order valence-corrected chi connectivity index (χ3v) is 4.92. The molecule has 0 bridgehead atoms. The van der Waals surface area contributed by atoms with Crippen molar-refractivity contribution in [2.75, 3.05) is 47.8 Å². The summed E-state index contributed by atoms with van der Waals surface area (Å²) < 4.78 is 0. The zero-order valence-corrected chi connectivity index (χ0v) is 15.9. The van der Waals surface area contributed by atoms with Crippen LogP contribution in [0.1, 0.15) is 16.8 Å². The summed E-state index contributed by atoms with van der Waals surface area (Å²) in [5.74, 6) is 0.253. The van der Waals surface area contributed by atoms with E-state index in [1.54, 1.807) is 36.5 Å². The zero-order valence-electron chi connectivity index (χ0n) is 15.9. The maximum atomic E-state index is 12.7.